The molecule has 1 saturated heterocycles. The number of nitrogens with zero attached hydrogens (tertiary/aromatic N) is 5. The van der Waals surface area contributed by atoms with Gasteiger partial charge in [-0.25, -0.2) is 4.98 Å². The topological polar surface area (TPSA) is 97.0 Å². The second kappa shape index (κ2) is 9.92. The van der Waals surface area contributed by atoms with Gasteiger partial charge < -0.3 is 9.32 Å². The number of rotatable bonds is 5. The maximum Gasteiger partial charge on any atom is 0.322 e. The van der Waals surface area contributed by atoms with E-state index in [2.05, 4.69) is 26.5 Å². The zero-order valence-corrected chi connectivity index (χ0v) is 22.4. The molecule has 2 aliphatic rings. The number of thiazole rings is 1. The first-order valence-corrected chi connectivity index (χ1v) is 14.7. The third-order valence-corrected chi connectivity index (χ3v) is 9.51. The highest BCUT2D eigenvalue weighted by atomic mass is 32.1. The molecule has 4 aromatic heterocycles. The van der Waals surface area contributed by atoms with Crippen molar-refractivity contribution in [1.82, 2.24) is 20.2 Å². The van der Waals surface area contributed by atoms with Crippen LogP contribution in [0.4, 0.5) is 11.1 Å². The van der Waals surface area contributed by atoms with Gasteiger partial charge in [-0.1, -0.05) is 46.8 Å². The van der Waals surface area contributed by atoms with Gasteiger partial charge in [0, 0.05) is 23.5 Å². The molecule has 0 bridgehead atoms. The third-order valence-electron chi connectivity index (χ3n) is 7.14. The predicted octanol–water partition coefficient (Wildman–Crippen LogP) is 6.59. The average molecular weight is 543 g/mol. The molecular weight excluding hydrogens is 516 g/mol. The Hall–Kier alpha value is -3.63. The minimum Gasteiger partial charge on any atom is -0.402 e. The van der Waals surface area contributed by atoms with E-state index in [0.29, 0.717) is 22.8 Å². The number of fused-ring (bicyclic) bond motifs is 2. The smallest absolute Gasteiger partial charge is 0.322 e. The zero-order valence-electron chi connectivity index (χ0n) is 20.8. The van der Waals surface area contributed by atoms with Crippen LogP contribution in [-0.2, 0) is 12.8 Å². The standard InChI is InChI=1S/C28H26N6O2S2/c35-25(31-27-33-32-26(36-27)22-15-18-11-5-6-12-21(18)37-22)19-16-20(17-9-3-1-4-10-17)29-24-23(19)38-28(30-24)34-13-7-2-8-14-34/h1,3-4,9-10,15-16H,2,5-8,11-14H2,(H,31,33,35). The molecule has 192 valence electrons. The number of nitrogens with one attached hydrogen (secondary N) is 1. The number of hydrogen-bond acceptors (Lipinski definition) is 9. The number of aryl methyl sites for hydroxylation is 2. The third kappa shape index (κ3) is 4.48. The molecule has 1 aliphatic heterocycles. The summed E-state index contributed by atoms with van der Waals surface area (Å²) in [6.45, 7) is 1.95. The number of hydrogen-bond donors (Lipinski definition) is 1. The van der Waals surface area contributed by atoms with Crippen LogP contribution in [0.3, 0.4) is 0 Å². The number of benzene rings is 1. The van der Waals surface area contributed by atoms with Crippen molar-refractivity contribution in [2.24, 2.45) is 0 Å². The van der Waals surface area contributed by atoms with E-state index in [-0.39, 0.29) is 11.9 Å². The summed E-state index contributed by atoms with van der Waals surface area (Å²) in [4.78, 5) is 27.9. The first kappa shape index (κ1) is 23.5. The fourth-order valence-electron chi connectivity index (χ4n) is 5.18. The summed E-state index contributed by atoms with van der Waals surface area (Å²) in [6.07, 6.45) is 8.19. The van der Waals surface area contributed by atoms with Crippen LogP contribution in [0.5, 0.6) is 0 Å². The van der Waals surface area contributed by atoms with Gasteiger partial charge in [0.2, 0.25) is 0 Å². The van der Waals surface area contributed by atoms with E-state index in [4.69, 9.17) is 14.4 Å². The molecule has 1 aliphatic carbocycles. The molecule has 1 fully saturated rings. The van der Waals surface area contributed by atoms with Crippen molar-refractivity contribution in [3.05, 3.63) is 58.5 Å². The zero-order chi connectivity index (χ0) is 25.5. The Kier molecular flexibility index (Phi) is 6.13. The molecule has 10 heteroatoms. The molecule has 38 heavy (non-hydrogen) atoms. The van der Waals surface area contributed by atoms with E-state index < -0.39 is 0 Å². The van der Waals surface area contributed by atoms with Crippen LogP contribution in [-0.4, -0.2) is 39.2 Å². The van der Waals surface area contributed by atoms with Crippen LogP contribution in [0.2, 0.25) is 0 Å². The van der Waals surface area contributed by atoms with Crippen LogP contribution in [0.15, 0.2) is 46.9 Å². The molecule has 0 unspecified atom stereocenters. The molecule has 1 N–H and O–H groups in total. The molecule has 0 spiro atoms. The van der Waals surface area contributed by atoms with Gasteiger partial charge in [-0.15, -0.1) is 16.4 Å². The Labute approximate surface area is 227 Å². The maximum atomic E-state index is 13.6. The molecule has 7 rings (SSSR count). The predicted molar refractivity (Wildman–Crippen MR) is 151 cm³/mol. The molecule has 5 heterocycles. The normalized spacial score (nSPS) is 15.5. The monoisotopic (exact) mass is 542 g/mol. The van der Waals surface area contributed by atoms with Crippen molar-refractivity contribution in [3.8, 4) is 22.0 Å². The molecular formula is C28H26N6O2S2. The van der Waals surface area contributed by atoms with E-state index in [0.717, 1.165) is 59.0 Å². The lowest BCUT2D eigenvalue weighted by molar-refractivity contribution is 0.102. The first-order valence-electron chi connectivity index (χ1n) is 13.1. The maximum absolute atomic E-state index is 13.6. The Bertz CT molecular complexity index is 1590. The number of aromatic nitrogens is 4. The number of piperidine rings is 1. The highest BCUT2D eigenvalue weighted by Crippen LogP contribution is 2.37. The summed E-state index contributed by atoms with van der Waals surface area (Å²) in [6, 6.07) is 13.9. The summed E-state index contributed by atoms with van der Waals surface area (Å²) in [5, 5.41) is 12.1. The van der Waals surface area contributed by atoms with Gasteiger partial charge in [0.25, 0.3) is 11.8 Å². The fourth-order valence-corrected chi connectivity index (χ4v) is 7.43. The first-order chi connectivity index (χ1) is 18.7. The van der Waals surface area contributed by atoms with Crippen molar-refractivity contribution < 1.29 is 9.21 Å². The second-order valence-corrected chi connectivity index (χ2v) is 11.9. The van der Waals surface area contributed by atoms with E-state index in [1.54, 1.807) is 11.3 Å². The number of carbonyl (C=O) groups is 1. The van der Waals surface area contributed by atoms with E-state index in [1.807, 2.05) is 36.4 Å². The summed E-state index contributed by atoms with van der Waals surface area (Å²) in [5.74, 6) is 0.124. The van der Waals surface area contributed by atoms with Crippen LogP contribution in [0, 0.1) is 0 Å². The van der Waals surface area contributed by atoms with Gasteiger partial charge in [0.1, 0.15) is 0 Å². The van der Waals surface area contributed by atoms with Gasteiger partial charge in [-0.3, -0.25) is 10.1 Å². The summed E-state index contributed by atoms with van der Waals surface area (Å²) in [7, 11) is 0. The summed E-state index contributed by atoms with van der Waals surface area (Å²) in [5.41, 5.74) is 4.09. The Balaban J connectivity index is 1.22. The Morgan fingerprint density at radius 2 is 1.76 bits per heavy atom. The molecule has 1 aromatic carbocycles. The van der Waals surface area contributed by atoms with Crippen LogP contribution in [0.25, 0.3) is 32.4 Å². The highest BCUT2D eigenvalue weighted by molar-refractivity contribution is 7.22. The highest BCUT2D eigenvalue weighted by Gasteiger charge is 2.23. The van der Waals surface area contributed by atoms with Gasteiger partial charge in [0.15, 0.2) is 10.8 Å². The quantitative estimate of drug-likeness (QED) is 0.267. The van der Waals surface area contributed by atoms with Gasteiger partial charge >= 0.3 is 6.01 Å². The van der Waals surface area contributed by atoms with Gasteiger partial charge in [-0.2, -0.15) is 4.98 Å². The van der Waals surface area contributed by atoms with Crippen LogP contribution in [0.1, 0.15) is 52.9 Å². The molecule has 1 amide bonds. The van der Waals surface area contributed by atoms with Crippen molar-refractivity contribution in [1.29, 1.82) is 0 Å². The minimum atomic E-state index is -0.316. The number of thiophene rings is 1. The Morgan fingerprint density at radius 1 is 0.921 bits per heavy atom. The van der Waals surface area contributed by atoms with Gasteiger partial charge in [-0.05, 0) is 62.6 Å². The fraction of sp³-hybridized carbons (Fsp3) is 0.321. The lowest BCUT2D eigenvalue weighted by Crippen LogP contribution is -2.29. The second-order valence-electron chi connectivity index (χ2n) is 9.75. The van der Waals surface area contributed by atoms with Crippen LogP contribution < -0.4 is 10.2 Å². The average Bonchev–Trinajstić information content (AvgIpc) is 3.71. The largest absolute Gasteiger partial charge is 0.402 e. The van der Waals surface area contributed by atoms with Crippen molar-refractivity contribution >= 4 is 50.1 Å². The summed E-state index contributed by atoms with van der Waals surface area (Å²) >= 11 is 3.22. The van der Waals surface area contributed by atoms with Crippen LogP contribution >= 0.6 is 22.7 Å². The van der Waals surface area contributed by atoms with Crippen molar-refractivity contribution in [2.75, 3.05) is 23.3 Å². The Morgan fingerprint density at radius 3 is 2.61 bits per heavy atom. The molecule has 0 saturated carbocycles. The molecule has 0 radical (unpaired) electrons. The van der Waals surface area contributed by atoms with E-state index in [1.165, 1.54) is 41.0 Å². The number of carbonyl (C=O) groups excluding carboxylic acids is 1. The molecule has 0 atom stereocenters. The lowest BCUT2D eigenvalue weighted by Gasteiger charge is -2.25. The van der Waals surface area contributed by atoms with Crippen molar-refractivity contribution in [2.45, 2.75) is 44.9 Å². The number of pyridine rings is 1. The number of anilines is 2. The minimum absolute atomic E-state index is 0.0864. The van der Waals surface area contributed by atoms with Crippen molar-refractivity contribution in [3.63, 3.8) is 0 Å². The number of amides is 1. The van der Waals surface area contributed by atoms with E-state index >= 15 is 0 Å². The molecule has 5 aromatic rings. The summed E-state index contributed by atoms with van der Waals surface area (Å²) < 4.78 is 6.64. The lowest BCUT2D eigenvalue weighted by atomic mass is 9.99. The van der Waals surface area contributed by atoms with E-state index in [9.17, 15) is 4.79 Å². The SMILES string of the molecule is O=C(Nc1nnc(-c2cc3c(s2)CCCC3)o1)c1cc(-c2ccccc2)nc2nc(N3CCCCC3)sc12. The van der Waals surface area contributed by atoms with Gasteiger partial charge in [0.05, 0.1) is 20.8 Å². The molecule has 8 nitrogen and oxygen atoms in total.